The van der Waals surface area contributed by atoms with Gasteiger partial charge in [0.1, 0.15) is 5.82 Å². The van der Waals surface area contributed by atoms with Gasteiger partial charge in [-0.2, -0.15) is 0 Å². The van der Waals surface area contributed by atoms with Crippen molar-refractivity contribution in [1.29, 1.82) is 0 Å². The van der Waals surface area contributed by atoms with Crippen LogP contribution in [0.3, 0.4) is 0 Å². The van der Waals surface area contributed by atoms with E-state index in [1.807, 2.05) is 25.3 Å². The standard InChI is InChI=1S/C11H12N4S/c1-7-8(4-3-5-13-7)9-6-14-11(16-2)15-10(9)12/h3-6H,1-2H3,(H2,12,14,15). The van der Waals surface area contributed by atoms with Crippen LogP contribution in [0.4, 0.5) is 5.82 Å². The van der Waals surface area contributed by atoms with Gasteiger partial charge in [0.25, 0.3) is 0 Å². The lowest BCUT2D eigenvalue weighted by atomic mass is 10.1. The van der Waals surface area contributed by atoms with Crippen molar-refractivity contribution < 1.29 is 0 Å². The predicted octanol–water partition coefficient (Wildman–Crippen LogP) is 2.15. The molecule has 0 aromatic carbocycles. The van der Waals surface area contributed by atoms with E-state index in [1.54, 1.807) is 12.4 Å². The summed E-state index contributed by atoms with van der Waals surface area (Å²) >= 11 is 1.47. The third-order valence-electron chi connectivity index (χ3n) is 2.28. The molecule has 82 valence electrons. The number of hydrogen-bond donors (Lipinski definition) is 1. The Morgan fingerprint density at radius 1 is 1.25 bits per heavy atom. The summed E-state index contributed by atoms with van der Waals surface area (Å²) in [6.07, 6.45) is 5.42. The Bertz CT molecular complexity index is 513. The summed E-state index contributed by atoms with van der Waals surface area (Å²) in [4.78, 5) is 12.7. The van der Waals surface area contributed by atoms with Crippen molar-refractivity contribution in [3.8, 4) is 11.1 Å². The zero-order chi connectivity index (χ0) is 11.5. The summed E-state index contributed by atoms with van der Waals surface area (Å²) in [6.45, 7) is 1.94. The Morgan fingerprint density at radius 2 is 2.06 bits per heavy atom. The van der Waals surface area contributed by atoms with Crippen LogP contribution < -0.4 is 5.73 Å². The van der Waals surface area contributed by atoms with Gasteiger partial charge in [0.2, 0.25) is 0 Å². The fourth-order valence-corrected chi connectivity index (χ4v) is 1.80. The smallest absolute Gasteiger partial charge is 0.189 e. The Morgan fingerprint density at radius 3 is 2.69 bits per heavy atom. The summed E-state index contributed by atoms with van der Waals surface area (Å²) in [5.41, 5.74) is 8.65. The predicted molar refractivity (Wildman–Crippen MR) is 66.2 cm³/mol. The summed E-state index contributed by atoms with van der Waals surface area (Å²) in [7, 11) is 0. The number of rotatable bonds is 2. The van der Waals surface area contributed by atoms with Crippen LogP contribution in [0.25, 0.3) is 11.1 Å². The molecule has 2 heterocycles. The molecule has 0 amide bonds. The summed E-state index contributed by atoms with van der Waals surface area (Å²) in [5, 5.41) is 0.683. The molecule has 4 nitrogen and oxygen atoms in total. The summed E-state index contributed by atoms with van der Waals surface area (Å²) in [5.74, 6) is 0.496. The van der Waals surface area contributed by atoms with E-state index >= 15 is 0 Å². The third kappa shape index (κ3) is 1.99. The van der Waals surface area contributed by atoms with Crippen LogP contribution in [0.15, 0.2) is 29.7 Å². The maximum atomic E-state index is 5.91. The van der Waals surface area contributed by atoms with Gasteiger partial charge < -0.3 is 5.73 Å². The first kappa shape index (κ1) is 10.9. The minimum Gasteiger partial charge on any atom is -0.383 e. The monoisotopic (exact) mass is 232 g/mol. The molecule has 0 bridgehead atoms. The highest BCUT2D eigenvalue weighted by Crippen LogP contribution is 2.26. The van der Waals surface area contributed by atoms with E-state index in [9.17, 15) is 0 Å². The van der Waals surface area contributed by atoms with Crippen LogP contribution in [-0.2, 0) is 0 Å². The molecule has 0 unspecified atom stereocenters. The molecule has 0 fully saturated rings. The Kier molecular flexibility index (Phi) is 3.05. The van der Waals surface area contributed by atoms with Crippen LogP contribution >= 0.6 is 11.8 Å². The van der Waals surface area contributed by atoms with E-state index in [4.69, 9.17) is 5.73 Å². The number of aromatic nitrogens is 3. The van der Waals surface area contributed by atoms with Gasteiger partial charge in [0.15, 0.2) is 5.16 Å². The molecule has 2 aromatic heterocycles. The van der Waals surface area contributed by atoms with E-state index < -0.39 is 0 Å². The number of pyridine rings is 1. The number of nitrogens with two attached hydrogens (primary N) is 1. The summed E-state index contributed by atoms with van der Waals surface area (Å²) < 4.78 is 0. The first-order valence-corrected chi connectivity index (χ1v) is 6.03. The van der Waals surface area contributed by atoms with Gasteiger partial charge in [0, 0.05) is 29.2 Å². The molecule has 0 aliphatic carbocycles. The van der Waals surface area contributed by atoms with Crippen molar-refractivity contribution >= 4 is 17.6 Å². The maximum Gasteiger partial charge on any atom is 0.189 e. The van der Waals surface area contributed by atoms with Gasteiger partial charge >= 0.3 is 0 Å². The molecule has 5 heteroatoms. The van der Waals surface area contributed by atoms with E-state index in [2.05, 4.69) is 15.0 Å². The minimum atomic E-state index is 0.496. The topological polar surface area (TPSA) is 64.7 Å². The fraction of sp³-hybridized carbons (Fsp3) is 0.182. The van der Waals surface area contributed by atoms with Crippen molar-refractivity contribution in [3.05, 3.63) is 30.2 Å². The number of nitrogen functional groups attached to an aromatic ring is 1. The molecule has 2 aromatic rings. The molecule has 0 saturated carbocycles. The summed E-state index contributed by atoms with van der Waals surface area (Å²) in [6, 6.07) is 3.85. The highest BCUT2D eigenvalue weighted by atomic mass is 32.2. The molecule has 0 radical (unpaired) electrons. The zero-order valence-corrected chi connectivity index (χ0v) is 9.95. The van der Waals surface area contributed by atoms with Crippen molar-refractivity contribution in [2.45, 2.75) is 12.1 Å². The molecular formula is C11H12N4S. The lowest BCUT2D eigenvalue weighted by Crippen LogP contribution is -1.99. The van der Waals surface area contributed by atoms with Crippen LogP contribution in [0, 0.1) is 6.92 Å². The quantitative estimate of drug-likeness (QED) is 0.635. The molecule has 0 saturated heterocycles. The molecular weight excluding hydrogens is 220 g/mol. The van der Waals surface area contributed by atoms with Gasteiger partial charge in [-0.25, -0.2) is 9.97 Å². The normalized spacial score (nSPS) is 10.4. The van der Waals surface area contributed by atoms with Crippen molar-refractivity contribution in [1.82, 2.24) is 15.0 Å². The first-order chi connectivity index (χ1) is 7.72. The lowest BCUT2D eigenvalue weighted by molar-refractivity contribution is 0.980. The molecule has 0 spiro atoms. The molecule has 16 heavy (non-hydrogen) atoms. The average molecular weight is 232 g/mol. The molecule has 2 N–H and O–H groups in total. The number of anilines is 1. The van der Waals surface area contributed by atoms with Gasteiger partial charge in [0.05, 0.1) is 0 Å². The Balaban J connectivity index is 2.53. The molecule has 0 aliphatic heterocycles. The highest BCUT2D eigenvalue weighted by molar-refractivity contribution is 7.98. The maximum absolute atomic E-state index is 5.91. The largest absolute Gasteiger partial charge is 0.383 e. The Labute approximate surface area is 98.3 Å². The van der Waals surface area contributed by atoms with Gasteiger partial charge in [-0.05, 0) is 19.2 Å². The van der Waals surface area contributed by atoms with E-state index in [0.717, 1.165) is 16.8 Å². The average Bonchev–Trinajstić information content (AvgIpc) is 2.30. The fourth-order valence-electron chi connectivity index (χ4n) is 1.45. The van der Waals surface area contributed by atoms with Gasteiger partial charge in [-0.15, -0.1) is 0 Å². The minimum absolute atomic E-state index is 0.496. The number of hydrogen-bond acceptors (Lipinski definition) is 5. The van der Waals surface area contributed by atoms with Gasteiger partial charge in [-0.3, -0.25) is 4.98 Å². The van der Waals surface area contributed by atoms with Crippen LogP contribution in [0.1, 0.15) is 5.69 Å². The second-order valence-corrected chi connectivity index (χ2v) is 4.07. The number of nitrogens with zero attached hydrogens (tertiary/aromatic N) is 3. The second-order valence-electron chi connectivity index (χ2n) is 3.29. The lowest BCUT2D eigenvalue weighted by Gasteiger charge is -2.07. The van der Waals surface area contributed by atoms with Crippen molar-refractivity contribution in [2.24, 2.45) is 0 Å². The van der Waals surface area contributed by atoms with Crippen LogP contribution in [-0.4, -0.2) is 21.2 Å². The molecule has 0 aliphatic rings. The SMILES string of the molecule is CSc1ncc(-c2cccnc2C)c(N)n1. The van der Waals surface area contributed by atoms with E-state index in [0.29, 0.717) is 11.0 Å². The van der Waals surface area contributed by atoms with Crippen molar-refractivity contribution in [2.75, 3.05) is 12.0 Å². The highest BCUT2D eigenvalue weighted by Gasteiger charge is 2.08. The third-order valence-corrected chi connectivity index (χ3v) is 2.84. The number of thioether (sulfide) groups is 1. The van der Waals surface area contributed by atoms with E-state index in [1.165, 1.54) is 11.8 Å². The Hall–Kier alpha value is -1.62. The molecule has 2 rings (SSSR count). The zero-order valence-electron chi connectivity index (χ0n) is 9.14. The van der Waals surface area contributed by atoms with Gasteiger partial charge in [-0.1, -0.05) is 17.8 Å². The van der Waals surface area contributed by atoms with E-state index in [-0.39, 0.29) is 0 Å². The van der Waals surface area contributed by atoms with Crippen LogP contribution in [0.5, 0.6) is 0 Å². The van der Waals surface area contributed by atoms with Crippen LogP contribution in [0.2, 0.25) is 0 Å². The first-order valence-electron chi connectivity index (χ1n) is 4.81. The van der Waals surface area contributed by atoms with Crippen molar-refractivity contribution in [3.63, 3.8) is 0 Å². The second kappa shape index (κ2) is 4.49. The molecule has 0 atom stereocenters. The number of aryl methyl sites for hydroxylation is 1.